The molecule has 2 rings (SSSR count). The van der Waals surface area contributed by atoms with Gasteiger partial charge in [0.25, 0.3) is 0 Å². The van der Waals surface area contributed by atoms with Crippen LogP contribution in [-0.2, 0) is 16.0 Å². The molecule has 122 valence electrons. The summed E-state index contributed by atoms with van der Waals surface area (Å²) in [5.74, 6) is 0.664. The highest BCUT2D eigenvalue weighted by Gasteiger charge is 2.18. The standard InChI is InChI=1S/C18H28N2O2/c1-14(2)17-6-4-16(5-7-17)8-9-19-18(21)13-20-10-11-22-15(3)12-20/h4-7,14-15H,8-13H2,1-3H3,(H,19,21). The van der Waals surface area contributed by atoms with Crippen molar-refractivity contribution in [2.24, 2.45) is 0 Å². The molecule has 4 heteroatoms. The smallest absolute Gasteiger partial charge is 0.234 e. The van der Waals surface area contributed by atoms with E-state index in [0.29, 0.717) is 19.0 Å². The Labute approximate surface area is 133 Å². The first-order chi connectivity index (χ1) is 10.5. The zero-order chi connectivity index (χ0) is 15.9. The van der Waals surface area contributed by atoms with Crippen LogP contribution in [0.1, 0.15) is 37.8 Å². The highest BCUT2D eigenvalue weighted by atomic mass is 16.5. The Morgan fingerprint density at radius 3 is 2.73 bits per heavy atom. The average molecular weight is 304 g/mol. The summed E-state index contributed by atoms with van der Waals surface area (Å²) < 4.78 is 5.48. The molecule has 0 aliphatic carbocycles. The van der Waals surface area contributed by atoms with E-state index in [-0.39, 0.29) is 12.0 Å². The van der Waals surface area contributed by atoms with Crippen molar-refractivity contribution in [3.8, 4) is 0 Å². The second-order valence-electron chi connectivity index (χ2n) is 6.41. The summed E-state index contributed by atoms with van der Waals surface area (Å²) in [6.07, 6.45) is 1.10. The van der Waals surface area contributed by atoms with Crippen molar-refractivity contribution in [1.29, 1.82) is 0 Å². The molecular formula is C18H28N2O2. The molecule has 4 nitrogen and oxygen atoms in total. The van der Waals surface area contributed by atoms with Crippen LogP contribution in [0.25, 0.3) is 0 Å². The van der Waals surface area contributed by atoms with Crippen molar-refractivity contribution in [1.82, 2.24) is 10.2 Å². The summed E-state index contributed by atoms with van der Waals surface area (Å²) >= 11 is 0. The molecule has 1 saturated heterocycles. The van der Waals surface area contributed by atoms with Crippen molar-refractivity contribution < 1.29 is 9.53 Å². The van der Waals surface area contributed by atoms with Gasteiger partial charge in [-0.25, -0.2) is 0 Å². The molecular weight excluding hydrogens is 276 g/mol. The molecule has 0 saturated carbocycles. The van der Waals surface area contributed by atoms with Gasteiger partial charge in [0.05, 0.1) is 19.3 Å². The van der Waals surface area contributed by atoms with Gasteiger partial charge in [0.2, 0.25) is 5.91 Å². The first-order valence-corrected chi connectivity index (χ1v) is 8.24. The van der Waals surface area contributed by atoms with Gasteiger partial charge < -0.3 is 10.1 Å². The summed E-state index contributed by atoms with van der Waals surface area (Å²) in [5, 5.41) is 3.01. The first-order valence-electron chi connectivity index (χ1n) is 8.24. The monoisotopic (exact) mass is 304 g/mol. The topological polar surface area (TPSA) is 41.6 Å². The number of ether oxygens (including phenoxy) is 1. The fraction of sp³-hybridized carbons (Fsp3) is 0.611. The first kappa shape index (κ1) is 17.0. The predicted octanol–water partition coefficient (Wildman–Crippen LogP) is 2.19. The number of carbonyl (C=O) groups excluding carboxylic acids is 1. The fourth-order valence-corrected chi connectivity index (χ4v) is 2.71. The molecule has 1 atom stereocenters. The van der Waals surface area contributed by atoms with Crippen molar-refractivity contribution >= 4 is 5.91 Å². The number of benzene rings is 1. The van der Waals surface area contributed by atoms with Crippen LogP contribution in [0.2, 0.25) is 0 Å². The van der Waals surface area contributed by atoms with E-state index >= 15 is 0 Å². The largest absolute Gasteiger partial charge is 0.376 e. The number of morpholine rings is 1. The van der Waals surface area contributed by atoms with E-state index < -0.39 is 0 Å². The molecule has 1 heterocycles. The van der Waals surface area contributed by atoms with Gasteiger partial charge in [-0.1, -0.05) is 38.1 Å². The third-order valence-corrected chi connectivity index (χ3v) is 4.07. The van der Waals surface area contributed by atoms with Crippen LogP contribution in [0, 0.1) is 0 Å². The number of hydrogen-bond donors (Lipinski definition) is 1. The predicted molar refractivity (Wildman–Crippen MR) is 89.1 cm³/mol. The molecule has 1 N–H and O–H groups in total. The third-order valence-electron chi connectivity index (χ3n) is 4.07. The molecule has 22 heavy (non-hydrogen) atoms. The Morgan fingerprint density at radius 1 is 1.36 bits per heavy atom. The third kappa shape index (κ3) is 5.43. The number of amides is 1. The Kier molecular flexibility index (Phi) is 6.40. The molecule has 0 bridgehead atoms. The number of hydrogen-bond acceptors (Lipinski definition) is 3. The number of carbonyl (C=O) groups is 1. The van der Waals surface area contributed by atoms with E-state index in [1.807, 2.05) is 6.92 Å². The van der Waals surface area contributed by atoms with Crippen LogP contribution < -0.4 is 5.32 Å². The van der Waals surface area contributed by atoms with E-state index in [9.17, 15) is 4.79 Å². The summed E-state index contributed by atoms with van der Waals surface area (Å²) in [6.45, 7) is 10.0. The van der Waals surface area contributed by atoms with Gasteiger partial charge >= 0.3 is 0 Å². The van der Waals surface area contributed by atoms with E-state index in [0.717, 1.165) is 26.1 Å². The SMILES string of the molecule is CC1CN(CC(=O)NCCc2ccc(C(C)C)cc2)CCO1. The number of rotatable bonds is 6. The lowest BCUT2D eigenvalue weighted by molar-refractivity contribution is -0.124. The van der Waals surface area contributed by atoms with E-state index in [2.05, 4.69) is 48.3 Å². The van der Waals surface area contributed by atoms with Crippen LogP contribution in [0.5, 0.6) is 0 Å². The fourth-order valence-electron chi connectivity index (χ4n) is 2.71. The van der Waals surface area contributed by atoms with Crippen molar-refractivity contribution in [2.45, 2.75) is 39.2 Å². The second-order valence-corrected chi connectivity index (χ2v) is 6.41. The van der Waals surface area contributed by atoms with Crippen molar-refractivity contribution in [2.75, 3.05) is 32.8 Å². The lowest BCUT2D eigenvalue weighted by Gasteiger charge is -2.30. The minimum absolute atomic E-state index is 0.105. The van der Waals surface area contributed by atoms with Crippen LogP contribution in [0.3, 0.4) is 0 Å². The highest BCUT2D eigenvalue weighted by molar-refractivity contribution is 5.78. The van der Waals surface area contributed by atoms with Gasteiger partial charge in [-0.05, 0) is 30.4 Å². The number of nitrogens with zero attached hydrogens (tertiary/aromatic N) is 1. The van der Waals surface area contributed by atoms with Crippen LogP contribution in [0.4, 0.5) is 0 Å². The minimum atomic E-state index is 0.105. The maximum absolute atomic E-state index is 12.0. The lowest BCUT2D eigenvalue weighted by atomic mass is 10.0. The average Bonchev–Trinajstić information content (AvgIpc) is 2.47. The Morgan fingerprint density at radius 2 is 2.09 bits per heavy atom. The minimum Gasteiger partial charge on any atom is -0.376 e. The van der Waals surface area contributed by atoms with Gasteiger partial charge in [0.1, 0.15) is 0 Å². The Balaban J connectivity index is 1.68. The molecule has 1 fully saturated rings. The van der Waals surface area contributed by atoms with Crippen molar-refractivity contribution in [3.63, 3.8) is 0 Å². The van der Waals surface area contributed by atoms with E-state index in [1.165, 1.54) is 11.1 Å². The van der Waals surface area contributed by atoms with Gasteiger partial charge in [-0.3, -0.25) is 9.69 Å². The summed E-state index contributed by atoms with van der Waals surface area (Å²) in [5.41, 5.74) is 2.62. The molecule has 1 amide bonds. The van der Waals surface area contributed by atoms with E-state index in [1.54, 1.807) is 0 Å². The van der Waals surface area contributed by atoms with Gasteiger partial charge in [0, 0.05) is 19.6 Å². The molecule has 1 aromatic carbocycles. The molecule has 1 aromatic rings. The van der Waals surface area contributed by atoms with Crippen molar-refractivity contribution in [3.05, 3.63) is 35.4 Å². The molecule has 0 aromatic heterocycles. The zero-order valence-corrected chi connectivity index (χ0v) is 14.0. The summed E-state index contributed by atoms with van der Waals surface area (Å²) in [4.78, 5) is 14.1. The molecule has 1 aliphatic heterocycles. The molecule has 1 aliphatic rings. The molecule has 1 unspecified atom stereocenters. The van der Waals surface area contributed by atoms with Crippen LogP contribution in [-0.4, -0.2) is 49.7 Å². The quantitative estimate of drug-likeness (QED) is 0.876. The van der Waals surface area contributed by atoms with Crippen LogP contribution in [0.15, 0.2) is 24.3 Å². The zero-order valence-electron chi connectivity index (χ0n) is 14.0. The molecule has 0 radical (unpaired) electrons. The highest BCUT2D eigenvalue weighted by Crippen LogP contribution is 2.14. The maximum Gasteiger partial charge on any atom is 0.234 e. The van der Waals surface area contributed by atoms with Gasteiger partial charge in [-0.2, -0.15) is 0 Å². The lowest BCUT2D eigenvalue weighted by Crippen LogP contribution is -2.46. The second kappa shape index (κ2) is 8.30. The van der Waals surface area contributed by atoms with E-state index in [4.69, 9.17) is 4.74 Å². The number of nitrogens with one attached hydrogen (secondary N) is 1. The van der Waals surface area contributed by atoms with Gasteiger partial charge in [-0.15, -0.1) is 0 Å². The maximum atomic E-state index is 12.0. The van der Waals surface area contributed by atoms with Crippen LogP contribution >= 0.6 is 0 Å². The molecule has 0 spiro atoms. The Hall–Kier alpha value is -1.39. The Bertz CT molecular complexity index is 470. The van der Waals surface area contributed by atoms with Gasteiger partial charge in [0.15, 0.2) is 0 Å². The normalized spacial score (nSPS) is 19.4. The summed E-state index contributed by atoms with van der Waals surface area (Å²) in [7, 11) is 0. The summed E-state index contributed by atoms with van der Waals surface area (Å²) in [6, 6.07) is 8.67.